The number of aromatic amines is 1. The van der Waals surface area contributed by atoms with E-state index in [9.17, 15) is 0 Å². The standard InChI is InChI=1S/C9H19N5/c1-3-5-6-8(4-2)10-7-9-11-13-14-12-9/h8,10H,3-7H2,1-2H3,(H,11,12,13,14). The van der Waals surface area contributed by atoms with Gasteiger partial charge in [-0.3, -0.25) is 0 Å². The van der Waals surface area contributed by atoms with Crippen LogP contribution in [0.5, 0.6) is 0 Å². The van der Waals surface area contributed by atoms with Crippen LogP contribution in [0.1, 0.15) is 45.4 Å². The zero-order valence-electron chi connectivity index (χ0n) is 8.95. The fraction of sp³-hybridized carbons (Fsp3) is 0.889. The van der Waals surface area contributed by atoms with Crippen molar-refractivity contribution in [2.45, 2.75) is 52.1 Å². The molecule has 0 radical (unpaired) electrons. The van der Waals surface area contributed by atoms with Crippen LogP contribution in [0.4, 0.5) is 0 Å². The van der Waals surface area contributed by atoms with Gasteiger partial charge in [0.05, 0.1) is 6.54 Å². The quantitative estimate of drug-likeness (QED) is 0.690. The van der Waals surface area contributed by atoms with Crippen molar-refractivity contribution < 1.29 is 0 Å². The number of H-pyrrole nitrogens is 1. The third kappa shape index (κ3) is 3.83. The van der Waals surface area contributed by atoms with Gasteiger partial charge >= 0.3 is 0 Å². The van der Waals surface area contributed by atoms with Crippen molar-refractivity contribution in [3.05, 3.63) is 5.82 Å². The predicted octanol–water partition coefficient (Wildman–Crippen LogP) is 1.26. The van der Waals surface area contributed by atoms with Crippen LogP contribution >= 0.6 is 0 Å². The van der Waals surface area contributed by atoms with Gasteiger partial charge in [0.15, 0.2) is 5.82 Å². The molecule has 1 aromatic rings. The molecule has 0 bridgehead atoms. The highest BCUT2D eigenvalue weighted by molar-refractivity contribution is 4.76. The van der Waals surface area contributed by atoms with E-state index in [1.54, 1.807) is 0 Å². The topological polar surface area (TPSA) is 66.5 Å². The molecule has 0 saturated carbocycles. The Morgan fingerprint density at radius 3 is 2.86 bits per heavy atom. The van der Waals surface area contributed by atoms with Gasteiger partial charge in [-0.05, 0) is 12.8 Å². The normalized spacial score (nSPS) is 13.0. The number of rotatable bonds is 7. The SMILES string of the molecule is CCCCC(CC)NCc1nn[nH]n1. The van der Waals surface area contributed by atoms with Crippen molar-refractivity contribution >= 4 is 0 Å². The van der Waals surface area contributed by atoms with Crippen molar-refractivity contribution in [1.29, 1.82) is 0 Å². The van der Waals surface area contributed by atoms with E-state index < -0.39 is 0 Å². The van der Waals surface area contributed by atoms with E-state index in [4.69, 9.17) is 0 Å². The van der Waals surface area contributed by atoms with Crippen LogP contribution in [0, 0.1) is 0 Å². The molecule has 1 aromatic heterocycles. The number of nitrogens with zero attached hydrogens (tertiary/aromatic N) is 3. The lowest BCUT2D eigenvalue weighted by Gasteiger charge is -2.14. The van der Waals surface area contributed by atoms with Crippen LogP contribution in [-0.2, 0) is 6.54 Å². The summed E-state index contributed by atoms with van der Waals surface area (Å²) >= 11 is 0. The Balaban J connectivity index is 2.20. The minimum absolute atomic E-state index is 0.577. The molecule has 0 aliphatic rings. The van der Waals surface area contributed by atoms with Gasteiger partial charge in [0.2, 0.25) is 0 Å². The smallest absolute Gasteiger partial charge is 0.188 e. The first-order valence-corrected chi connectivity index (χ1v) is 5.32. The number of aromatic nitrogens is 4. The number of tetrazole rings is 1. The van der Waals surface area contributed by atoms with Gasteiger partial charge in [-0.25, -0.2) is 0 Å². The molecular weight excluding hydrogens is 178 g/mol. The summed E-state index contributed by atoms with van der Waals surface area (Å²) in [7, 11) is 0. The highest BCUT2D eigenvalue weighted by Crippen LogP contribution is 2.04. The molecule has 14 heavy (non-hydrogen) atoms. The van der Waals surface area contributed by atoms with E-state index in [-0.39, 0.29) is 0 Å². The van der Waals surface area contributed by atoms with Gasteiger partial charge < -0.3 is 5.32 Å². The summed E-state index contributed by atoms with van der Waals surface area (Å²) in [4.78, 5) is 0. The third-order valence-corrected chi connectivity index (χ3v) is 2.34. The first-order chi connectivity index (χ1) is 6.86. The van der Waals surface area contributed by atoms with E-state index in [0.29, 0.717) is 12.6 Å². The molecule has 0 spiro atoms. The second kappa shape index (κ2) is 6.48. The molecule has 5 nitrogen and oxygen atoms in total. The molecule has 0 amide bonds. The lowest BCUT2D eigenvalue weighted by atomic mass is 10.1. The molecular formula is C9H19N5. The molecule has 0 fully saturated rings. The van der Waals surface area contributed by atoms with E-state index in [2.05, 4.69) is 39.8 Å². The number of unbranched alkanes of at least 4 members (excludes halogenated alkanes) is 1. The highest BCUT2D eigenvalue weighted by atomic mass is 15.5. The molecule has 5 heteroatoms. The Bertz CT molecular complexity index is 221. The van der Waals surface area contributed by atoms with E-state index in [1.807, 2.05) is 0 Å². The maximum atomic E-state index is 3.89. The van der Waals surface area contributed by atoms with Crippen LogP contribution in [0.25, 0.3) is 0 Å². The summed E-state index contributed by atoms with van der Waals surface area (Å²) in [6, 6.07) is 0.577. The second-order valence-corrected chi connectivity index (χ2v) is 3.46. The van der Waals surface area contributed by atoms with Crippen LogP contribution in [0.15, 0.2) is 0 Å². The summed E-state index contributed by atoms with van der Waals surface area (Å²) in [5.41, 5.74) is 0. The largest absolute Gasteiger partial charge is 0.307 e. The van der Waals surface area contributed by atoms with Gasteiger partial charge in [-0.1, -0.05) is 31.9 Å². The minimum atomic E-state index is 0.577. The minimum Gasteiger partial charge on any atom is -0.307 e. The van der Waals surface area contributed by atoms with Crippen molar-refractivity contribution in [1.82, 2.24) is 25.9 Å². The Kier molecular flexibility index (Phi) is 5.14. The average Bonchev–Trinajstić information content (AvgIpc) is 2.71. The van der Waals surface area contributed by atoms with Crippen LogP contribution in [0.3, 0.4) is 0 Å². The molecule has 0 aliphatic carbocycles. The lowest BCUT2D eigenvalue weighted by Crippen LogP contribution is -2.28. The van der Waals surface area contributed by atoms with Crippen LogP contribution < -0.4 is 5.32 Å². The van der Waals surface area contributed by atoms with Crippen LogP contribution in [-0.4, -0.2) is 26.7 Å². The Labute approximate surface area is 84.7 Å². The van der Waals surface area contributed by atoms with E-state index in [1.165, 1.54) is 19.3 Å². The van der Waals surface area contributed by atoms with Crippen molar-refractivity contribution in [2.24, 2.45) is 0 Å². The zero-order chi connectivity index (χ0) is 10.2. The summed E-state index contributed by atoms with van der Waals surface area (Å²) < 4.78 is 0. The lowest BCUT2D eigenvalue weighted by molar-refractivity contribution is 0.446. The number of nitrogens with one attached hydrogen (secondary N) is 2. The average molecular weight is 197 g/mol. The Morgan fingerprint density at radius 2 is 2.29 bits per heavy atom. The number of hydrogen-bond acceptors (Lipinski definition) is 4. The van der Waals surface area contributed by atoms with Crippen molar-refractivity contribution in [3.63, 3.8) is 0 Å². The summed E-state index contributed by atoms with van der Waals surface area (Å²) in [6.07, 6.45) is 4.90. The summed E-state index contributed by atoms with van der Waals surface area (Å²) in [5.74, 6) is 0.736. The Hall–Kier alpha value is -0.970. The van der Waals surface area contributed by atoms with Gasteiger partial charge in [-0.15, -0.1) is 10.2 Å². The van der Waals surface area contributed by atoms with Crippen molar-refractivity contribution in [3.8, 4) is 0 Å². The first kappa shape index (κ1) is 11.1. The molecule has 1 unspecified atom stereocenters. The number of hydrogen-bond donors (Lipinski definition) is 2. The fourth-order valence-electron chi connectivity index (χ4n) is 1.39. The molecule has 0 aliphatic heterocycles. The van der Waals surface area contributed by atoms with Crippen LogP contribution in [0.2, 0.25) is 0 Å². The van der Waals surface area contributed by atoms with Gasteiger partial charge in [0.1, 0.15) is 0 Å². The Morgan fingerprint density at radius 1 is 1.43 bits per heavy atom. The molecule has 0 saturated heterocycles. The van der Waals surface area contributed by atoms with Gasteiger partial charge in [0, 0.05) is 6.04 Å². The molecule has 1 atom stereocenters. The monoisotopic (exact) mass is 197 g/mol. The molecule has 1 rings (SSSR count). The fourth-order valence-corrected chi connectivity index (χ4v) is 1.39. The van der Waals surface area contributed by atoms with Gasteiger partial charge in [0.25, 0.3) is 0 Å². The molecule has 0 aromatic carbocycles. The maximum Gasteiger partial charge on any atom is 0.188 e. The molecule has 80 valence electrons. The van der Waals surface area contributed by atoms with E-state index >= 15 is 0 Å². The predicted molar refractivity (Wildman–Crippen MR) is 54.6 cm³/mol. The second-order valence-electron chi connectivity index (χ2n) is 3.46. The molecule has 1 heterocycles. The third-order valence-electron chi connectivity index (χ3n) is 2.34. The van der Waals surface area contributed by atoms with Crippen molar-refractivity contribution in [2.75, 3.05) is 0 Å². The summed E-state index contributed by atoms with van der Waals surface area (Å²) in [5, 5.41) is 17.2. The maximum absolute atomic E-state index is 3.89. The van der Waals surface area contributed by atoms with Gasteiger partial charge in [-0.2, -0.15) is 5.21 Å². The highest BCUT2D eigenvalue weighted by Gasteiger charge is 2.06. The summed E-state index contributed by atoms with van der Waals surface area (Å²) in [6.45, 7) is 5.12. The zero-order valence-corrected chi connectivity index (χ0v) is 8.95. The van der Waals surface area contributed by atoms with E-state index in [0.717, 1.165) is 12.2 Å². The first-order valence-electron chi connectivity index (χ1n) is 5.32. The molecule has 2 N–H and O–H groups in total.